The number of aromatic nitrogens is 4. The van der Waals surface area contributed by atoms with Gasteiger partial charge in [-0.25, -0.2) is 9.37 Å². The van der Waals surface area contributed by atoms with Gasteiger partial charge in [-0.2, -0.15) is 10.1 Å². The van der Waals surface area contributed by atoms with Gasteiger partial charge in [0.1, 0.15) is 12.5 Å². The van der Waals surface area contributed by atoms with E-state index in [1.54, 1.807) is 6.20 Å². The van der Waals surface area contributed by atoms with Gasteiger partial charge in [0, 0.05) is 31.4 Å². The number of anilines is 2. The Labute approximate surface area is 128 Å². The molecular weight excluding hydrogens is 283 g/mol. The molecule has 0 atom stereocenters. The lowest BCUT2D eigenvalue weighted by molar-refractivity contribution is 0.512. The molecule has 0 bridgehead atoms. The van der Waals surface area contributed by atoms with Gasteiger partial charge in [0.2, 0.25) is 5.95 Å². The number of hydrogen-bond donors (Lipinski definition) is 2. The second-order valence-electron chi connectivity index (χ2n) is 5.14. The molecule has 1 aliphatic heterocycles. The molecule has 0 spiro atoms. The molecule has 22 heavy (non-hydrogen) atoms. The molecule has 0 fully saturated rings. The maximum absolute atomic E-state index is 12.3. The van der Waals surface area contributed by atoms with Crippen molar-refractivity contribution in [1.82, 2.24) is 20.2 Å². The van der Waals surface area contributed by atoms with Crippen LogP contribution in [0.25, 0.3) is 11.6 Å². The third kappa shape index (κ3) is 2.66. The number of rotatable bonds is 5. The molecule has 6 nitrogen and oxygen atoms in total. The van der Waals surface area contributed by atoms with Crippen molar-refractivity contribution in [1.29, 1.82) is 0 Å². The van der Waals surface area contributed by atoms with E-state index in [-0.39, 0.29) is 6.54 Å². The maximum atomic E-state index is 12.3. The summed E-state index contributed by atoms with van der Waals surface area (Å²) in [6.07, 6.45) is 3.85. The van der Waals surface area contributed by atoms with Crippen LogP contribution in [-0.4, -0.2) is 46.5 Å². The van der Waals surface area contributed by atoms with Gasteiger partial charge in [-0.3, -0.25) is 5.10 Å². The number of halogens is 1. The lowest BCUT2D eigenvalue weighted by atomic mass is 10.0. The number of nitrogens with one attached hydrogen (secondary N) is 2. The molecule has 3 heterocycles. The quantitative estimate of drug-likeness (QED) is 0.886. The molecule has 1 aliphatic rings. The minimum Gasteiger partial charge on any atom is -0.352 e. The molecule has 7 heteroatoms. The predicted molar refractivity (Wildman–Crippen MR) is 85.6 cm³/mol. The first-order valence-electron chi connectivity index (χ1n) is 7.36. The molecule has 0 saturated heterocycles. The number of H-pyrrole nitrogens is 1. The summed E-state index contributed by atoms with van der Waals surface area (Å²) in [7, 11) is 0. The van der Waals surface area contributed by atoms with Crippen molar-refractivity contribution in [3.63, 3.8) is 0 Å². The van der Waals surface area contributed by atoms with Crippen molar-refractivity contribution in [2.24, 2.45) is 0 Å². The Morgan fingerprint density at radius 3 is 2.95 bits per heavy atom. The molecule has 0 radical (unpaired) electrons. The van der Waals surface area contributed by atoms with Crippen molar-refractivity contribution < 1.29 is 4.39 Å². The van der Waals surface area contributed by atoms with Crippen LogP contribution in [0.5, 0.6) is 0 Å². The summed E-state index contributed by atoms with van der Waals surface area (Å²) in [4.78, 5) is 11.2. The first-order valence-corrected chi connectivity index (χ1v) is 7.36. The summed E-state index contributed by atoms with van der Waals surface area (Å²) >= 11 is 0. The fraction of sp³-hybridized carbons (Fsp3) is 0.400. The fourth-order valence-corrected chi connectivity index (χ4v) is 2.57. The molecule has 2 aromatic heterocycles. The summed E-state index contributed by atoms with van der Waals surface area (Å²) < 4.78 is 12.3. The minimum atomic E-state index is -0.444. The van der Waals surface area contributed by atoms with Gasteiger partial charge in [-0.15, -0.1) is 0 Å². The smallest absolute Gasteiger partial charge is 0.224 e. The van der Waals surface area contributed by atoms with Crippen LogP contribution in [0.3, 0.4) is 0 Å². The Morgan fingerprint density at radius 2 is 2.27 bits per heavy atom. The van der Waals surface area contributed by atoms with Crippen LogP contribution in [-0.2, 0) is 0 Å². The number of aromatic amines is 1. The maximum Gasteiger partial charge on any atom is 0.224 e. The highest BCUT2D eigenvalue weighted by atomic mass is 19.1. The summed E-state index contributed by atoms with van der Waals surface area (Å²) in [5.41, 5.74) is 4.04. The third-order valence-electron chi connectivity index (χ3n) is 3.70. The zero-order chi connectivity index (χ0) is 15.5. The average molecular weight is 302 g/mol. The zero-order valence-corrected chi connectivity index (χ0v) is 12.7. The van der Waals surface area contributed by atoms with E-state index >= 15 is 0 Å². The molecule has 2 N–H and O–H groups in total. The lowest BCUT2D eigenvalue weighted by Crippen LogP contribution is -2.30. The largest absolute Gasteiger partial charge is 0.352 e. The molecule has 3 rings (SSSR count). The van der Waals surface area contributed by atoms with E-state index in [2.05, 4.69) is 43.4 Å². The highest BCUT2D eigenvalue weighted by Crippen LogP contribution is 2.32. The van der Waals surface area contributed by atoms with Crippen LogP contribution in [0.1, 0.15) is 23.9 Å². The van der Waals surface area contributed by atoms with Crippen molar-refractivity contribution in [2.75, 3.05) is 36.5 Å². The number of alkyl halides is 1. The highest BCUT2D eigenvalue weighted by molar-refractivity contribution is 5.89. The molecular formula is C15H19FN6. The number of aryl methyl sites for hydroxylation is 1. The average Bonchev–Trinajstić information content (AvgIpc) is 3.06. The SMILES string of the molecule is CCN1CC(c2ccn[nH]2)=Cc2c(C)nc(NCCF)nc21. The Morgan fingerprint density at radius 1 is 1.41 bits per heavy atom. The van der Waals surface area contributed by atoms with E-state index in [9.17, 15) is 4.39 Å². The molecule has 116 valence electrons. The van der Waals surface area contributed by atoms with Crippen molar-refractivity contribution in [3.8, 4) is 0 Å². The van der Waals surface area contributed by atoms with Gasteiger partial charge in [-0.05, 0) is 31.6 Å². The molecule has 0 aliphatic carbocycles. The van der Waals surface area contributed by atoms with Crippen LogP contribution in [0.4, 0.5) is 16.2 Å². The van der Waals surface area contributed by atoms with Gasteiger partial charge in [-0.1, -0.05) is 0 Å². The molecule has 0 amide bonds. The van der Waals surface area contributed by atoms with E-state index in [1.807, 2.05) is 13.0 Å². The van der Waals surface area contributed by atoms with Crippen molar-refractivity contribution >= 4 is 23.4 Å². The van der Waals surface area contributed by atoms with Crippen LogP contribution < -0.4 is 10.2 Å². The molecule has 0 unspecified atom stereocenters. The van der Waals surface area contributed by atoms with E-state index in [0.717, 1.165) is 41.4 Å². The summed E-state index contributed by atoms with van der Waals surface area (Å²) in [6, 6.07) is 1.96. The van der Waals surface area contributed by atoms with E-state index in [1.165, 1.54) is 0 Å². The van der Waals surface area contributed by atoms with Gasteiger partial charge in [0.05, 0.1) is 11.4 Å². The topological polar surface area (TPSA) is 69.7 Å². The van der Waals surface area contributed by atoms with E-state index in [4.69, 9.17) is 0 Å². The van der Waals surface area contributed by atoms with Gasteiger partial charge in [0.15, 0.2) is 0 Å². The van der Waals surface area contributed by atoms with Crippen LogP contribution in [0.15, 0.2) is 12.3 Å². The molecule has 2 aromatic rings. The summed E-state index contributed by atoms with van der Waals surface area (Å²) in [6.45, 7) is 5.40. The number of fused-ring (bicyclic) bond motifs is 1. The Kier molecular flexibility index (Phi) is 4.04. The normalized spacial score (nSPS) is 13.8. The number of nitrogens with zero attached hydrogens (tertiary/aromatic N) is 4. The van der Waals surface area contributed by atoms with Gasteiger partial charge >= 0.3 is 0 Å². The monoisotopic (exact) mass is 302 g/mol. The van der Waals surface area contributed by atoms with Crippen LogP contribution in [0.2, 0.25) is 0 Å². The lowest BCUT2D eigenvalue weighted by Gasteiger charge is -2.29. The highest BCUT2D eigenvalue weighted by Gasteiger charge is 2.22. The van der Waals surface area contributed by atoms with Crippen LogP contribution in [0, 0.1) is 6.92 Å². The molecule has 0 saturated carbocycles. The number of hydrogen-bond acceptors (Lipinski definition) is 5. The minimum absolute atomic E-state index is 0.222. The Balaban J connectivity index is 2.03. The van der Waals surface area contributed by atoms with E-state index < -0.39 is 6.67 Å². The molecule has 0 aromatic carbocycles. The Hall–Kier alpha value is -2.44. The van der Waals surface area contributed by atoms with Gasteiger partial charge in [0.25, 0.3) is 0 Å². The predicted octanol–water partition coefficient (Wildman–Crippen LogP) is 2.27. The first kappa shape index (κ1) is 14.5. The second-order valence-corrected chi connectivity index (χ2v) is 5.14. The Bertz CT molecular complexity index is 680. The zero-order valence-electron chi connectivity index (χ0n) is 12.7. The standard InChI is InChI=1S/C15H19FN6/c1-3-22-9-11(13-4-6-18-21-13)8-12-10(2)19-15(17-7-5-16)20-14(12)22/h4,6,8H,3,5,7,9H2,1-2H3,(H,18,21)(H,17,19,20). The van der Waals surface area contributed by atoms with Crippen molar-refractivity contribution in [2.45, 2.75) is 13.8 Å². The number of likely N-dealkylation sites (N-methyl/N-ethyl adjacent to an activating group) is 1. The first-order chi connectivity index (χ1) is 10.7. The van der Waals surface area contributed by atoms with Crippen LogP contribution >= 0.6 is 0 Å². The van der Waals surface area contributed by atoms with Crippen molar-refractivity contribution in [3.05, 3.63) is 29.2 Å². The summed E-state index contributed by atoms with van der Waals surface area (Å²) in [5, 5.41) is 9.92. The second kappa shape index (κ2) is 6.13. The van der Waals surface area contributed by atoms with Gasteiger partial charge < -0.3 is 10.2 Å². The fourth-order valence-electron chi connectivity index (χ4n) is 2.57. The third-order valence-corrected chi connectivity index (χ3v) is 3.70. The van der Waals surface area contributed by atoms with E-state index in [0.29, 0.717) is 5.95 Å². The summed E-state index contributed by atoms with van der Waals surface area (Å²) in [5.74, 6) is 1.37.